The number of ether oxygens (including phenoxy) is 1. The first-order chi connectivity index (χ1) is 9.15. The molecule has 0 bridgehead atoms. The number of morpholine rings is 1. The van der Waals surface area contributed by atoms with E-state index >= 15 is 0 Å². The summed E-state index contributed by atoms with van der Waals surface area (Å²) >= 11 is 1.68. The summed E-state index contributed by atoms with van der Waals surface area (Å²) in [5.74, 6) is 0.178. The van der Waals surface area contributed by atoms with E-state index in [4.69, 9.17) is 4.74 Å². The van der Waals surface area contributed by atoms with Crippen molar-refractivity contribution in [2.45, 2.75) is 46.1 Å². The molecule has 2 heterocycles. The molecule has 0 saturated carbocycles. The van der Waals surface area contributed by atoms with Crippen molar-refractivity contribution in [1.82, 2.24) is 4.90 Å². The first-order valence-corrected chi connectivity index (χ1v) is 7.99. The molecule has 1 saturated heterocycles. The van der Waals surface area contributed by atoms with E-state index in [1.54, 1.807) is 11.3 Å². The maximum absolute atomic E-state index is 12.5. The zero-order valence-corrected chi connectivity index (χ0v) is 12.9. The molecule has 106 valence electrons. The topological polar surface area (TPSA) is 29.5 Å². The van der Waals surface area contributed by atoms with Gasteiger partial charge in [0.25, 0.3) is 5.91 Å². The molecule has 0 radical (unpaired) electrons. The highest BCUT2D eigenvalue weighted by atomic mass is 32.1. The Balaban J connectivity index is 2.14. The molecule has 1 atom stereocenters. The molecule has 2 rings (SSSR count). The maximum Gasteiger partial charge on any atom is 0.264 e. The lowest BCUT2D eigenvalue weighted by Crippen LogP contribution is -2.44. The molecule has 1 fully saturated rings. The van der Waals surface area contributed by atoms with Gasteiger partial charge in [-0.3, -0.25) is 4.79 Å². The number of thiophene rings is 1. The van der Waals surface area contributed by atoms with E-state index < -0.39 is 0 Å². The van der Waals surface area contributed by atoms with E-state index in [1.165, 1.54) is 10.4 Å². The molecule has 0 N–H and O–H groups in total. The predicted octanol–water partition coefficient (Wildman–Crippen LogP) is 3.12. The fourth-order valence-electron chi connectivity index (χ4n) is 2.47. The van der Waals surface area contributed by atoms with Crippen molar-refractivity contribution in [2.75, 3.05) is 19.7 Å². The monoisotopic (exact) mass is 281 g/mol. The van der Waals surface area contributed by atoms with Crippen LogP contribution >= 0.6 is 11.3 Å². The molecule has 1 unspecified atom stereocenters. The average molecular weight is 281 g/mol. The summed E-state index contributed by atoms with van der Waals surface area (Å²) in [6, 6.07) is 2.10. The van der Waals surface area contributed by atoms with Gasteiger partial charge in [0, 0.05) is 18.0 Å². The van der Waals surface area contributed by atoms with Gasteiger partial charge in [-0.05, 0) is 31.4 Å². The highest BCUT2D eigenvalue weighted by molar-refractivity contribution is 7.14. The number of nitrogens with zero attached hydrogens (tertiary/aromatic N) is 1. The summed E-state index contributed by atoms with van der Waals surface area (Å²) < 4.78 is 5.49. The molecule has 3 nitrogen and oxygen atoms in total. The summed E-state index contributed by atoms with van der Waals surface area (Å²) in [4.78, 5) is 16.7. The van der Waals surface area contributed by atoms with Crippen LogP contribution in [0, 0.1) is 0 Å². The van der Waals surface area contributed by atoms with Gasteiger partial charge in [-0.2, -0.15) is 0 Å². The van der Waals surface area contributed by atoms with Gasteiger partial charge in [0.05, 0.1) is 17.6 Å². The van der Waals surface area contributed by atoms with Crippen LogP contribution in [0.5, 0.6) is 0 Å². The fourth-order valence-corrected chi connectivity index (χ4v) is 3.79. The lowest BCUT2D eigenvalue weighted by atomic mass is 10.1. The second kappa shape index (κ2) is 6.53. The van der Waals surface area contributed by atoms with Crippen molar-refractivity contribution in [3.63, 3.8) is 0 Å². The van der Waals surface area contributed by atoms with Crippen molar-refractivity contribution >= 4 is 17.2 Å². The Morgan fingerprint density at radius 3 is 2.95 bits per heavy atom. The number of hydrogen-bond donors (Lipinski definition) is 0. The van der Waals surface area contributed by atoms with Crippen LogP contribution in [0.15, 0.2) is 6.07 Å². The second-order valence-electron chi connectivity index (χ2n) is 5.10. The van der Waals surface area contributed by atoms with Gasteiger partial charge >= 0.3 is 0 Å². The van der Waals surface area contributed by atoms with Gasteiger partial charge in [-0.15, -0.1) is 11.3 Å². The Morgan fingerprint density at radius 1 is 1.53 bits per heavy atom. The molecule has 19 heavy (non-hydrogen) atoms. The third-order valence-corrected chi connectivity index (χ3v) is 4.72. The number of carbonyl (C=O) groups excluding carboxylic acids is 1. The van der Waals surface area contributed by atoms with E-state index in [-0.39, 0.29) is 12.0 Å². The van der Waals surface area contributed by atoms with Crippen LogP contribution in [0.4, 0.5) is 0 Å². The minimum atomic E-state index is 0.151. The fraction of sp³-hybridized carbons (Fsp3) is 0.667. The summed E-state index contributed by atoms with van der Waals surface area (Å²) in [6.07, 6.45) is 3.38. The van der Waals surface area contributed by atoms with Gasteiger partial charge in [0.1, 0.15) is 0 Å². The third-order valence-electron chi connectivity index (χ3n) is 3.49. The Labute approximate surface area is 119 Å². The third kappa shape index (κ3) is 3.37. The summed E-state index contributed by atoms with van der Waals surface area (Å²) in [7, 11) is 0. The number of aryl methyl sites for hydroxylation is 2. The second-order valence-corrected chi connectivity index (χ2v) is 6.23. The average Bonchev–Trinajstić information content (AvgIpc) is 2.81. The Hall–Kier alpha value is -0.870. The number of carbonyl (C=O) groups is 1. The van der Waals surface area contributed by atoms with Crippen molar-refractivity contribution in [2.24, 2.45) is 0 Å². The van der Waals surface area contributed by atoms with Crippen LogP contribution in [0.2, 0.25) is 0 Å². The predicted molar refractivity (Wildman–Crippen MR) is 79.0 cm³/mol. The van der Waals surface area contributed by atoms with Crippen LogP contribution in [-0.4, -0.2) is 36.6 Å². The van der Waals surface area contributed by atoms with E-state index in [0.29, 0.717) is 19.7 Å². The Kier molecular flexibility index (Phi) is 4.99. The largest absolute Gasteiger partial charge is 0.375 e. The smallest absolute Gasteiger partial charge is 0.264 e. The van der Waals surface area contributed by atoms with Gasteiger partial charge in [0.15, 0.2) is 0 Å². The summed E-state index contributed by atoms with van der Waals surface area (Å²) in [5.41, 5.74) is 1.34. The lowest BCUT2D eigenvalue weighted by molar-refractivity contribution is -0.0122. The van der Waals surface area contributed by atoms with Crippen molar-refractivity contribution in [1.29, 1.82) is 0 Å². The summed E-state index contributed by atoms with van der Waals surface area (Å²) in [6.45, 7) is 8.44. The zero-order valence-electron chi connectivity index (χ0n) is 12.1. The first-order valence-electron chi connectivity index (χ1n) is 7.18. The van der Waals surface area contributed by atoms with Crippen molar-refractivity contribution in [3.8, 4) is 0 Å². The molecule has 1 aromatic rings. The Morgan fingerprint density at radius 2 is 2.32 bits per heavy atom. The molecule has 1 aromatic heterocycles. The van der Waals surface area contributed by atoms with Crippen LogP contribution in [0.3, 0.4) is 0 Å². The minimum absolute atomic E-state index is 0.151. The quantitative estimate of drug-likeness (QED) is 0.848. The maximum atomic E-state index is 12.5. The van der Waals surface area contributed by atoms with Crippen LogP contribution in [0.1, 0.15) is 47.3 Å². The van der Waals surface area contributed by atoms with Gasteiger partial charge in [-0.25, -0.2) is 0 Å². The van der Waals surface area contributed by atoms with Crippen molar-refractivity contribution in [3.05, 3.63) is 21.4 Å². The van der Waals surface area contributed by atoms with Gasteiger partial charge < -0.3 is 9.64 Å². The SMILES string of the molecule is CCCc1sc(C(=O)N2CCOC(C)C2)cc1CC. The van der Waals surface area contributed by atoms with Crippen LogP contribution in [0.25, 0.3) is 0 Å². The van der Waals surface area contributed by atoms with Crippen molar-refractivity contribution < 1.29 is 9.53 Å². The van der Waals surface area contributed by atoms with E-state index in [0.717, 1.165) is 24.1 Å². The molecule has 1 aliphatic rings. The Bertz CT molecular complexity index is 441. The van der Waals surface area contributed by atoms with Crippen LogP contribution < -0.4 is 0 Å². The highest BCUT2D eigenvalue weighted by Gasteiger charge is 2.24. The van der Waals surface area contributed by atoms with E-state index in [2.05, 4.69) is 19.9 Å². The minimum Gasteiger partial charge on any atom is -0.375 e. The number of amides is 1. The molecular weight excluding hydrogens is 258 g/mol. The molecule has 1 amide bonds. The molecule has 1 aliphatic heterocycles. The van der Waals surface area contributed by atoms with Gasteiger partial charge in [-0.1, -0.05) is 20.3 Å². The zero-order chi connectivity index (χ0) is 13.8. The molecule has 0 spiro atoms. The standard InChI is InChI=1S/C15H23NO2S/c1-4-6-13-12(5-2)9-14(19-13)15(17)16-7-8-18-11(3)10-16/h9,11H,4-8,10H2,1-3H3. The summed E-state index contributed by atoms with van der Waals surface area (Å²) in [5, 5.41) is 0. The van der Waals surface area contributed by atoms with E-state index in [1.807, 2.05) is 11.8 Å². The first kappa shape index (κ1) is 14.5. The molecule has 0 aliphatic carbocycles. The van der Waals surface area contributed by atoms with E-state index in [9.17, 15) is 4.79 Å². The molecular formula is C15H23NO2S. The normalized spacial score (nSPS) is 19.7. The number of hydrogen-bond acceptors (Lipinski definition) is 3. The van der Waals surface area contributed by atoms with Crippen LogP contribution in [-0.2, 0) is 17.6 Å². The highest BCUT2D eigenvalue weighted by Crippen LogP contribution is 2.26. The molecule has 0 aromatic carbocycles. The lowest BCUT2D eigenvalue weighted by Gasteiger charge is -2.30. The molecule has 4 heteroatoms. The van der Waals surface area contributed by atoms with Gasteiger partial charge in [0.2, 0.25) is 0 Å². The number of rotatable bonds is 4.